The highest BCUT2D eigenvalue weighted by atomic mass is 16.5. The molecule has 0 saturated heterocycles. The fourth-order valence-electron chi connectivity index (χ4n) is 3.65. The minimum Gasteiger partial charge on any atom is -0.493 e. The van der Waals surface area contributed by atoms with Gasteiger partial charge in [-0.25, -0.2) is 0 Å². The van der Waals surface area contributed by atoms with Crippen molar-refractivity contribution in [2.45, 2.75) is 19.4 Å². The van der Waals surface area contributed by atoms with Gasteiger partial charge in [-0.2, -0.15) is 0 Å². The number of hydrogen-bond donors (Lipinski definition) is 1. The predicted octanol–water partition coefficient (Wildman–Crippen LogP) is 3.62. The second-order valence-electron chi connectivity index (χ2n) is 6.89. The average molecular weight is 364 g/mol. The van der Waals surface area contributed by atoms with Crippen LogP contribution in [0.1, 0.15) is 28.1 Å². The summed E-state index contributed by atoms with van der Waals surface area (Å²) in [5, 5.41) is 3.82. The van der Waals surface area contributed by atoms with Crippen LogP contribution in [-0.4, -0.2) is 37.6 Å². The van der Waals surface area contributed by atoms with Crippen molar-refractivity contribution in [1.29, 1.82) is 0 Å². The van der Waals surface area contributed by atoms with Crippen LogP contribution in [0.5, 0.6) is 5.75 Å². The molecule has 0 radical (unpaired) electrons. The fraction of sp³-hybridized carbons (Fsp3) is 0.318. The maximum absolute atomic E-state index is 12.4. The van der Waals surface area contributed by atoms with Crippen molar-refractivity contribution in [2.24, 2.45) is 0 Å². The molecule has 0 fully saturated rings. The number of nitrogens with one attached hydrogen (secondary N) is 1. The Balaban J connectivity index is 1.28. The summed E-state index contributed by atoms with van der Waals surface area (Å²) in [5.41, 5.74) is 3.49. The van der Waals surface area contributed by atoms with Gasteiger partial charge in [-0.3, -0.25) is 9.69 Å². The summed E-state index contributed by atoms with van der Waals surface area (Å²) >= 11 is 0. The van der Waals surface area contributed by atoms with Crippen LogP contribution in [0.3, 0.4) is 0 Å². The van der Waals surface area contributed by atoms with E-state index in [2.05, 4.69) is 34.5 Å². The molecule has 5 heteroatoms. The molecule has 5 nitrogen and oxygen atoms in total. The first-order valence-corrected chi connectivity index (χ1v) is 9.38. The minimum absolute atomic E-state index is 0.183. The number of ether oxygens (including phenoxy) is 1. The molecule has 0 saturated carbocycles. The zero-order valence-corrected chi connectivity index (χ0v) is 15.5. The van der Waals surface area contributed by atoms with E-state index in [1.807, 2.05) is 18.2 Å². The molecule has 27 heavy (non-hydrogen) atoms. The molecule has 0 aliphatic carbocycles. The van der Waals surface area contributed by atoms with E-state index in [9.17, 15) is 4.79 Å². The number of amides is 1. The van der Waals surface area contributed by atoms with Gasteiger partial charge in [-0.05, 0) is 36.1 Å². The quantitative estimate of drug-likeness (QED) is 0.679. The van der Waals surface area contributed by atoms with Crippen molar-refractivity contribution in [2.75, 3.05) is 26.7 Å². The highest BCUT2D eigenvalue weighted by Gasteiger charge is 2.16. The van der Waals surface area contributed by atoms with Crippen molar-refractivity contribution in [3.8, 4) is 5.75 Å². The molecule has 2 heterocycles. The molecule has 3 aromatic rings. The van der Waals surface area contributed by atoms with Gasteiger partial charge in [0.25, 0.3) is 5.91 Å². The first-order valence-electron chi connectivity index (χ1n) is 9.38. The molecule has 0 bridgehead atoms. The Kier molecular flexibility index (Phi) is 5.12. The highest BCUT2D eigenvalue weighted by Crippen LogP contribution is 2.28. The summed E-state index contributed by atoms with van der Waals surface area (Å²) < 4.78 is 11.0. The third-order valence-corrected chi connectivity index (χ3v) is 5.10. The highest BCUT2D eigenvalue weighted by molar-refractivity contribution is 5.97. The van der Waals surface area contributed by atoms with Crippen LogP contribution in [0.4, 0.5) is 0 Å². The topological polar surface area (TPSA) is 54.7 Å². The number of benzene rings is 2. The third-order valence-electron chi connectivity index (χ3n) is 5.10. The van der Waals surface area contributed by atoms with Crippen molar-refractivity contribution >= 4 is 16.9 Å². The molecule has 0 spiro atoms. The van der Waals surface area contributed by atoms with Crippen LogP contribution in [0, 0.1) is 0 Å². The molecule has 1 amide bonds. The second-order valence-corrected chi connectivity index (χ2v) is 6.89. The summed E-state index contributed by atoms with van der Waals surface area (Å²) in [5.74, 6) is 0.774. The number of carbonyl (C=O) groups excluding carboxylic acids is 1. The number of carbonyl (C=O) groups is 1. The molecule has 1 aliphatic heterocycles. The summed E-state index contributed by atoms with van der Waals surface area (Å²) in [6, 6.07) is 16.0. The largest absolute Gasteiger partial charge is 0.493 e. The van der Waals surface area contributed by atoms with Crippen molar-refractivity contribution < 1.29 is 13.9 Å². The molecule has 4 rings (SSSR count). The molecular formula is C22H24N2O3. The van der Waals surface area contributed by atoms with Gasteiger partial charge in [0.1, 0.15) is 0 Å². The maximum Gasteiger partial charge on any atom is 0.287 e. The number of hydrogen-bond acceptors (Lipinski definition) is 4. The van der Waals surface area contributed by atoms with Gasteiger partial charge in [0.2, 0.25) is 0 Å². The average Bonchev–Trinajstić information content (AvgIpc) is 3.15. The first kappa shape index (κ1) is 17.6. The fourth-order valence-corrected chi connectivity index (χ4v) is 3.65. The summed E-state index contributed by atoms with van der Waals surface area (Å²) in [4.78, 5) is 14.8. The zero-order chi connectivity index (χ0) is 18.6. The monoisotopic (exact) mass is 364 g/mol. The molecule has 140 valence electrons. The van der Waals surface area contributed by atoms with Crippen molar-refractivity contribution in [1.82, 2.24) is 10.2 Å². The van der Waals surface area contributed by atoms with Crippen molar-refractivity contribution in [3.05, 3.63) is 65.4 Å². The summed E-state index contributed by atoms with van der Waals surface area (Å²) in [7, 11) is 1.59. The van der Waals surface area contributed by atoms with Gasteiger partial charge in [0.05, 0.1) is 7.11 Å². The van der Waals surface area contributed by atoms with E-state index in [0.29, 0.717) is 23.6 Å². The molecule has 1 aromatic heterocycles. The summed E-state index contributed by atoms with van der Waals surface area (Å²) in [6.45, 7) is 3.68. The SMILES string of the molecule is COc1cccc2cc(C(=O)NCCCN3CCc4ccccc4C3)oc12. The lowest BCUT2D eigenvalue weighted by atomic mass is 10.00. The van der Waals surface area contributed by atoms with Crippen molar-refractivity contribution in [3.63, 3.8) is 0 Å². The number of rotatable bonds is 6. The Bertz CT molecular complexity index is 948. The third kappa shape index (κ3) is 3.83. The van der Waals surface area contributed by atoms with Crippen LogP contribution in [0.2, 0.25) is 0 Å². The van der Waals surface area contributed by atoms with Crippen LogP contribution in [0.15, 0.2) is 52.9 Å². The summed E-state index contributed by atoms with van der Waals surface area (Å²) in [6.07, 6.45) is 2.01. The van der Waals surface area contributed by atoms with Crippen LogP contribution >= 0.6 is 0 Å². The Morgan fingerprint density at radius 2 is 2.04 bits per heavy atom. The number of furan rings is 1. The van der Waals surface area contributed by atoms with E-state index in [1.165, 1.54) is 11.1 Å². The van der Waals surface area contributed by atoms with Gasteiger partial charge >= 0.3 is 0 Å². The molecule has 0 unspecified atom stereocenters. The molecule has 1 N–H and O–H groups in total. The normalized spacial score (nSPS) is 14.1. The van der Waals surface area contributed by atoms with E-state index >= 15 is 0 Å². The van der Waals surface area contributed by atoms with E-state index in [4.69, 9.17) is 9.15 Å². The Morgan fingerprint density at radius 3 is 2.89 bits per heavy atom. The number of nitrogens with zero attached hydrogens (tertiary/aromatic N) is 1. The minimum atomic E-state index is -0.183. The lowest BCUT2D eigenvalue weighted by molar-refractivity contribution is 0.0925. The van der Waals surface area contributed by atoms with E-state index < -0.39 is 0 Å². The maximum atomic E-state index is 12.4. The number of fused-ring (bicyclic) bond motifs is 2. The van der Waals surface area contributed by atoms with Gasteiger partial charge in [-0.15, -0.1) is 0 Å². The standard InChI is InChI=1S/C22H24N2O3/c1-26-19-9-4-8-17-14-20(27-21(17)19)22(25)23-11-5-12-24-13-10-16-6-2-3-7-18(16)15-24/h2-4,6-9,14H,5,10-13,15H2,1H3,(H,23,25). The lowest BCUT2D eigenvalue weighted by Crippen LogP contribution is -2.33. The van der Waals surface area contributed by atoms with E-state index in [0.717, 1.165) is 37.9 Å². The van der Waals surface area contributed by atoms with Crippen LogP contribution < -0.4 is 10.1 Å². The van der Waals surface area contributed by atoms with E-state index in [-0.39, 0.29) is 5.91 Å². The van der Waals surface area contributed by atoms with Gasteiger partial charge < -0.3 is 14.5 Å². The van der Waals surface area contributed by atoms with Crippen LogP contribution in [-0.2, 0) is 13.0 Å². The zero-order valence-electron chi connectivity index (χ0n) is 15.5. The van der Waals surface area contributed by atoms with Gasteiger partial charge in [-0.1, -0.05) is 36.4 Å². The molecule has 1 aliphatic rings. The second kappa shape index (κ2) is 7.84. The Morgan fingerprint density at radius 1 is 1.19 bits per heavy atom. The molecule has 2 aromatic carbocycles. The number of methoxy groups -OCH3 is 1. The first-order chi connectivity index (χ1) is 13.2. The molecular weight excluding hydrogens is 340 g/mol. The van der Waals surface area contributed by atoms with Gasteiger partial charge in [0, 0.05) is 31.6 Å². The van der Waals surface area contributed by atoms with Crippen LogP contribution in [0.25, 0.3) is 11.0 Å². The Labute approximate surface area is 158 Å². The smallest absolute Gasteiger partial charge is 0.287 e. The Hall–Kier alpha value is -2.79. The molecule has 0 atom stereocenters. The van der Waals surface area contributed by atoms with Gasteiger partial charge in [0.15, 0.2) is 17.1 Å². The predicted molar refractivity (Wildman–Crippen MR) is 105 cm³/mol. The number of para-hydroxylation sites is 1. The van der Waals surface area contributed by atoms with E-state index in [1.54, 1.807) is 13.2 Å². The lowest BCUT2D eigenvalue weighted by Gasteiger charge is -2.28.